The maximum Gasteiger partial charge on any atom is 0.416 e. The first kappa shape index (κ1) is 16.0. The lowest BCUT2D eigenvalue weighted by molar-refractivity contribution is -0.137. The van der Waals surface area contributed by atoms with Crippen molar-refractivity contribution < 1.29 is 13.2 Å². The van der Waals surface area contributed by atoms with E-state index in [0.29, 0.717) is 12.1 Å². The highest BCUT2D eigenvalue weighted by molar-refractivity contribution is 9.10. The van der Waals surface area contributed by atoms with E-state index in [-0.39, 0.29) is 6.04 Å². The van der Waals surface area contributed by atoms with Crippen LogP contribution in [0.2, 0.25) is 0 Å². The number of rotatable bonds is 4. The summed E-state index contributed by atoms with van der Waals surface area (Å²) in [4.78, 5) is 0. The van der Waals surface area contributed by atoms with E-state index in [1.54, 1.807) is 6.07 Å². The molecule has 21 heavy (non-hydrogen) atoms. The minimum absolute atomic E-state index is 0.0528. The molecular weight excluding hydrogens is 343 g/mol. The molecule has 2 aromatic rings. The fourth-order valence-corrected chi connectivity index (χ4v) is 2.44. The first-order valence-electron chi connectivity index (χ1n) is 6.51. The molecule has 5 heteroatoms. The average Bonchev–Trinajstić information content (AvgIpc) is 2.44. The van der Waals surface area contributed by atoms with Gasteiger partial charge in [-0.15, -0.1) is 0 Å². The molecule has 2 rings (SSSR count). The van der Waals surface area contributed by atoms with Crippen molar-refractivity contribution in [3.8, 4) is 0 Å². The molecule has 112 valence electrons. The SMILES string of the molecule is C[C@@H](NCc1cccc(C(F)(F)F)c1)c1cccc(Br)c1. The Balaban J connectivity index is 2.03. The van der Waals surface area contributed by atoms with Gasteiger partial charge in [-0.2, -0.15) is 13.2 Å². The highest BCUT2D eigenvalue weighted by Gasteiger charge is 2.30. The van der Waals surface area contributed by atoms with Gasteiger partial charge in [-0.1, -0.05) is 46.3 Å². The van der Waals surface area contributed by atoms with E-state index in [0.717, 1.165) is 16.1 Å². The molecular formula is C16H15BrF3N. The summed E-state index contributed by atoms with van der Waals surface area (Å²) in [7, 11) is 0. The lowest BCUT2D eigenvalue weighted by Gasteiger charge is -2.15. The van der Waals surface area contributed by atoms with Gasteiger partial charge in [0, 0.05) is 17.1 Å². The van der Waals surface area contributed by atoms with Gasteiger partial charge in [-0.25, -0.2) is 0 Å². The van der Waals surface area contributed by atoms with E-state index >= 15 is 0 Å². The third kappa shape index (κ3) is 4.58. The van der Waals surface area contributed by atoms with Gasteiger partial charge < -0.3 is 5.32 Å². The smallest absolute Gasteiger partial charge is 0.306 e. The zero-order valence-corrected chi connectivity index (χ0v) is 13.0. The third-order valence-electron chi connectivity index (χ3n) is 3.22. The normalized spacial score (nSPS) is 13.2. The Morgan fingerprint density at radius 2 is 1.81 bits per heavy atom. The van der Waals surface area contributed by atoms with Gasteiger partial charge in [0.1, 0.15) is 0 Å². The predicted octanol–water partition coefficient (Wildman–Crippen LogP) is 5.32. The van der Waals surface area contributed by atoms with Crippen LogP contribution >= 0.6 is 15.9 Å². The second kappa shape index (κ2) is 6.62. The molecule has 0 aliphatic heterocycles. The molecule has 0 aromatic heterocycles. The Bertz CT molecular complexity index is 610. The molecule has 0 saturated carbocycles. The highest BCUT2D eigenvalue weighted by Crippen LogP contribution is 2.29. The van der Waals surface area contributed by atoms with Crippen LogP contribution in [0.25, 0.3) is 0 Å². The first-order valence-corrected chi connectivity index (χ1v) is 7.30. The number of benzene rings is 2. The van der Waals surface area contributed by atoms with Gasteiger partial charge in [0.25, 0.3) is 0 Å². The monoisotopic (exact) mass is 357 g/mol. The predicted molar refractivity (Wildman–Crippen MR) is 80.8 cm³/mol. The number of halogens is 4. The van der Waals surface area contributed by atoms with Gasteiger partial charge in [-0.05, 0) is 36.2 Å². The van der Waals surface area contributed by atoms with Crippen LogP contribution in [0.4, 0.5) is 13.2 Å². The Morgan fingerprint density at radius 3 is 2.48 bits per heavy atom. The van der Waals surface area contributed by atoms with Crippen molar-refractivity contribution >= 4 is 15.9 Å². The molecule has 2 aromatic carbocycles. The van der Waals surface area contributed by atoms with Crippen LogP contribution < -0.4 is 5.32 Å². The molecule has 1 N–H and O–H groups in total. The summed E-state index contributed by atoms with van der Waals surface area (Å²) in [5.41, 5.74) is 1.08. The number of nitrogens with one attached hydrogen (secondary N) is 1. The summed E-state index contributed by atoms with van der Waals surface area (Å²) in [6.45, 7) is 2.37. The molecule has 1 nitrogen and oxygen atoms in total. The van der Waals surface area contributed by atoms with Gasteiger partial charge in [0.05, 0.1) is 5.56 Å². The second-order valence-electron chi connectivity index (χ2n) is 4.86. The molecule has 0 amide bonds. The van der Waals surface area contributed by atoms with Crippen molar-refractivity contribution in [1.29, 1.82) is 0 Å². The van der Waals surface area contributed by atoms with Crippen LogP contribution in [0.3, 0.4) is 0 Å². The Labute approximate surface area is 130 Å². The molecule has 0 radical (unpaired) electrons. The fourth-order valence-electron chi connectivity index (χ4n) is 2.02. The Morgan fingerprint density at radius 1 is 1.10 bits per heavy atom. The molecule has 0 aliphatic rings. The van der Waals surface area contributed by atoms with Gasteiger partial charge in [0.2, 0.25) is 0 Å². The van der Waals surface area contributed by atoms with Crippen molar-refractivity contribution in [2.45, 2.75) is 25.7 Å². The number of hydrogen-bond acceptors (Lipinski definition) is 1. The Hall–Kier alpha value is -1.33. The van der Waals surface area contributed by atoms with E-state index in [9.17, 15) is 13.2 Å². The van der Waals surface area contributed by atoms with Crippen LogP contribution in [-0.2, 0) is 12.7 Å². The first-order chi connectivity index (χ1) is 9.86. The summed E-state index contributed by atoms with van der Waals surface area (Å²) in [5, 5.41) is 3.23. The van der Waals surface area contributed by atoms with E-state index in [1.165, 1.54) is 12.1 Å². The van der Waals surface area contributed by atoms with Crippen molar-refractivity contribution in [2.24, 2.45) is 0 Å². The standard InChI is InChI=1S/C16H15BrF3N/c1-11(13-5-3-7-15(17)9-13)21-10-12-4-2-6-14(8-12)16(18,19)20/h2-9,11,21H,10H2,1H3/t11-/m1/s1. The van der Waals surface area contributed by atoms with Crippen LogP contribution in [-0.4, -0.2) is 0 Å². The molecule has 0 fully saturated rings. The minimum Gasteiger partial charge on any atom is -0.306 e. The summed E-state index contributed by atoms with van der Waals surface area (Å²) in [6.07, 6.45) is -4.30. The lowest BCUT2D eigenvalue weighted by Crippen LogP contribution is -2.18. The average molecular weight is 358 g/mol. The molecule has 0 spiro atoms. The topological polar surface area (TPSA) is 12.0 Å². The largest absolute Gasteiger partial charge is 0.416 e. The maximum atomic E-state index is 12.7. The molecule has 0 unspecified atom stereocenters. The van der Waals surface area contributed by atoms with Crippen LogP contribution in [0.5, 0.6) is 0 Å². The van der Waals surface area contributed by atoms with Crippen molar-refractivity contribution in [1.82, 2.24) is 5.32 Å². The zero-order valence-electron chi connectivity index (χ0n) is 11.4. The van der Waals surface area contributed by atoms with E-state index in [2.05, 4.69) is 21.2 Å². The van der Waals surface area contributed by atoms with E-state index < -0.39 is 11.7 Å². The summed E-state index contributed by atoms with van der Waals surface area (Å²) in [6, 6.07) is 13.3. The number of hydrogen-bond donors (Lipinski definition) is 1. The maximum absolute atomic E-state index is 12.7. The van der Waals surface area contributed by atoms with Crippen molar-refractivity contribution in [2.75, 3.05) is 0 Å². The summed E-state index contributed by atoms with van der Waals surface area (Å²) >= 11 is 3.41. The zero-order chi connectivity index (χ0) is 15.5. The molecule has 0 heterocycles. The Kier molecular flexibility index (Phi) is 5.06. The summed E-state index contributed by atoms with van der Waals surface area (Å²) in [5.74, 6) is 0. The highest BCUT2D eigenvalue weighted by atomic mass is 79.9. The molecule has 0 aliphatic carbocycles. The van der Waals surface area contributed by atoms with Crippen LogP contribution in [0.1, 0.15) is 29.7 Å². The molecule has 1 atom stereocenters. The van der Waals surface area contributed by atoms with Gasteiger partial charge in [-0.3, -0.25) is 0 Å². The number of alkyl halides is 3. The minimum atomic E-state index is -4.30. The van der Waals surface area contributed by atoms with Gasteiger partial charge >= 0.3 is 6.18 Å². The van der Waals surface area contributed by atoms with Crippen LogP contribution in [0, 0.1) is 0 Å². The molecule has 0 bridgehead atoms. The van der Waals surface area contributed by atoms with Crippen molar-refractivity contribution in [3.05, 3.63) is 69.7 Å². The second-order valence-corrected chi connectivity index (χ2v) is 5.77. The van der Waals surface area contributed by atoms with E-state index in [1.807, 2.05) is 31.2 Å². The molecule has 0 saturated heterocycles. The van der Waals surface area contributed by atoms with Crippen molar-refractivity contribution in [3.63, 3.8) is 0 Å². The summed E-state index contributed by atoms with van der Waals surface area (Å²) < 4.78 is 38.9. The van der Waals surface area contributed by atoms with E-state index in [4.69, 9.17) is 0 Å². The van der Waals surface area contributed by atoms with Gasteiger partial charge in [0.15, 0.2) is 0 Å². The fraction of sp³-hybridized carbons (Fsp3) is 0.250. The van der Waals surface area contributed by atoms with Crippen LogP contribution in [0.15, 0.2) is 53.0 Å². The quantitative estimate of drug-likeness (QED) is 0.780. The third-order valence-corrected chi connectivity index (χ3v) is 3.71. The lowest BCUT2D eigenvalue weighted by atomic mass is 10.1.